The van der Waals surface area contributed by atoms with E-state index in [4.69, 9.17) is 4.74 Å². The van der Waals surface area contributed by atoms with E-state index >= 15 is 0 Å². The maximum absolute atomic E-state index is 5.87. The van der Waals surface area contributed by atoms with Crippen LogP contribution in [-0.4, -0.2) is 73.9 Å². The fourth-order valence-electron chi connectivity index (χ4n) is 2.91. The highest BCUT2D eigenvalue weighted by molar-refractivity contribution is 4.89. The molecule has 0 spiro atoms. The molecular weight excluding hydrogens is 214 g/mol. The number of piperazine rings is 1. The van der Waals surface area contributed by atoms with Gasteiger partial charge in [-0.3, -0.25) is 9.80 Å². The van der Waals surface area contributed by atoms with E-state index in [1.165, 1.54) is 0 Å². The van der Waals surface area contributed by atoms with Crippen LogP contribution in [0.4, 0.5) is 0 Å². The highest BCUT2D eigenvalue weighted by Gasteiger charge is 2.33. The summed E-state index contributed by atoms with van der Waals surface area (Å²) in [7, 11) is 2.23. The van der Waals surface area contributed by atoms with Crippen LogP contribution in [0.3, 0.4) is 0 Å². The van der Waals surface area contributed by atoms with E-state index in [1.54, 1.807) is 0 Å². The smallest absolute Gasteiger partial charge is 0.0852 e. The normalized spacial score (nSPS) is 39.2. The Kier molecular flexibility index (Phi) is 4.42. The third-order valence-corrected chi connectivity index (χ3v) is 4.46. The zero-order valence-electron chi connectivity index (χ0n) is 11.6. The summed E-state index contributed by atoms with van der Waals surface area (Å²) >= 11 is 0. The summed E-state index contributed by atoms with van der Waals surface area (Å²) in [5.41, 5.74) is 0. The second-order valence-corrected chi connectivity index (χ2v) is 5.67. The summed E-state index contributed by atoms with van der Waals surface area (Å²) in [4.78, 5) is 5.07. The van der Waals surface area contributed by atoms with Gasteiger partial charge in [0.25, 0.3) is 0 Å². The minimum atomic E-state index is 0.353. The van der Waals surface area contributed by atoms with Crippen LogP contribution in [0.5, 0.6) is 0 Å². The second-order valence-electron chi connectivity index (χ2n) is 5.67. The Morgan fingerprint density at radius 2 is 1.88 bits per heavy atom. The number of nitrogens with one attached hydrogen (secondary N) is 1. The molecule has 100 valence electrons. The summed E-state index contributed by atoms with van der Waals surface area (Å²) in [6.07, 6.45) is 0.353. The maximum atomic E-state index is 5.87. The van der Waals surface area contributed by atoms with Gasteiger partial charge in [-0.05, 0) is 27.8 Å². The molecule has 0 aromatic heterocycles. The van der Waals surface area contributed by atoms with Gasteiger partial charge in [0.2, 0.25) is 0 Å². The lowest BCUT2D eigenvalue weighted by Gasteiger charge is -2.46. The fourth-order valence-corrected chi connectivity index (χ4v) is 2.91. The summed E-state index contributed by atoms with van der Waals surface area (Å²) in [5.74, 6) is 0. The van der Waals surface area contributed by atoms with E-state index in [1.807, 2.05) is 0 Å². The fraction of sp³-hybridized carbons (Fsp3) is 1.00. The molecule has 2 heterocycles. The first kappa shape index (κ1) is 13.3. The van der Waals surface area contributed by atoms with Gasteiger partial charge in [-0.2, -0.15) is 0 Å². The van der Waals surface area contributed by atoms with Crippen molar-refractivity contribution in [3.63, 3.8) is 0 Å². The van der Waals surface area contributed by atoms with Gasteiger partial charge in [-0.15, -0.1) is 0 Å². The molecule has 0 amide bonds. The number of likely N-dealkylation sites (N-methyl/N-ethyl adjacent to an activating group) is 1. The van der Waals surface area contributed by atoms with E-state index in [-0.39, 0.29) is 0 Å². The van der Waals surface area contributed by atoms with Crippen molar-refractivity contribution in [3.8, 4) is 0 Å². The van der Waals surface area contributed by atoms with Crippen molar-refractivity contribution in [2.75, 3.05) is 39.8 Å². The molecule has 0 aromatic rings. The maximum Gasteiger partial charge on any atom is 0.0852 e. The van der Waals surface area contributed by atoms with E-state index in [9.17, 15) is 0 Å². The molecule has 4 atom stereocenters. The number of morpholine rings is 1. The van der Waals surface area contributed by atoms with Gasteiger partial charge in [0.05, 0.1) is 12.7 Å². The van der Waals surface area contributed by atoms with Crippen LogP contribution in [0.15, 0.2) is 0 Å². The van der Waals surface area contributed by atoms with E-state index in [0.29, 0.717) is 24.2 Å². The van der Waals surface area contributed by atoms with E-state index < -0.39 is 0 Å². The second kappa shape index (κ2) is 5.65. The highest BCUT2D eigenvalue weighted by Crippen LogP contribution is 2.18. The van der Waals surface area contributed by atoms with Gasteiger partial charge in [0.15, 0.2) is 0 Å². The molecule has 0 aliphatic carbocycles. The van der Waals surface area contributed by atoms with Gasteiger partial charge in [0, 0.05) is 44.3 Å². The zero-order valence-corrected chi connectivity index (χ0v) is 11.6. The van der Waals surface area contributed by atoms with Gasteiger partial charge >= 0.3 is 0 Å². The van der Waals surface area contributed by atoms with Crippen molar-refractivity contribution in [3.05, 3.63) is 0 Å². The molecule has 0 radical (unpaired) electrons. The van der Waals surface area contributed by atoms with Gasteiger partial charge in [-0.25, -0.2) is 0 Å². The average molecular weight is 241 g/mol. The van der Waals surface area contributed by atoms with Crippen molar-refractivity contribution < 1.29 is 4.74 Å². The summed E-state index contributed by atoms with van der Waals surface area (Å²) in [6.45, 7) is 12.1. The van der Waals surface area contributed by atoms with Crippen molar-refractivity contribution in [1.29, 1.82) is 0 Å². The van der Waals surface area contributed by atoms with E-state index in [2.05, 4.69) is 42.9 Å². The lowest BCUT2D eigenvalue weighted by molar-refractivity contribution is -0.0514. The molecule has 1 N–H and O–H groups in total. The van der Waals surface area contributed by atoms with Crippen molar-refractivity contribution in [2.45, 2.75) is 45.0 Å². The largest absolute Gasteiger partial charge is 0.374 e. The van der Waals surface area contributed by atoms with Crippen LogP contribution in [0.25, 0.3) is 0 Å². The Morgan fingerprint density at radius 3 is 2.41 bits per heavy atom. The van der Waals surface area contributed by atoms with Crippen LogP contribution in [0, 0.1) is 0 Å². The molecule has 4 heteroatoms. The lowest BCUT2D eigenvalue weighted by atomic mass is 10.0. The molecule has 2 saturated heterocycles. The Hall–Kier alpha value is -0.160. The first-order valence-electron chi connectivity index (χ1n) is 6.88. The van der Waals surface area contributed by atoms with Gasteiger partial charge in [0.1, 0.15) is 0 Å². The molecule has 4 unspecified atom stereocenters. The molecule has 0 saturated carbocycles. The number of hydrogen-bond acceptors (Lipinski definition) is 4. The van der Waals surface area contributed by atoms with Gasteiger partial charge < -0.3 is 10.1 Å². The Morgan fingerprint density at radius 1 is 1.24 bits per heavy atom. The minimum Gasteiger partial charge on any atom is -0.374 e. The summed E-state index contributed by atoms with van der Waals surface area (Å²) < 4.78 is 5.87. The van der Waals surface area contributed by atoms with Gasteiger partial charge in [-0.1, -0.05) is 0 Å². The Balaban J connectivity index is 1.92. The third-order valence-electron chi connectivity index (χ3n) is 4.46. The van der Waals surface area contributed by atoms with Crippen LogP contribution in [0.2, 0.25) is 0 Å². The lowest BCUT2D eigenvalue weighted by Crippen LogP contribution is -2.60. The molecule has 2 aliphatic rings. The zero-order chi connectivity index (χ0) is 12.4. The van der Waals surface area contributed by atoms with Crippen LogP contribution in [0.1, 0.15) is 20.8 Å². The Labute approximate surface area is 105 Å². The minimum absolute atomic E-state index is 0.353. The molecule has 2 fully saturated rings. The summed E-state index contributed by atoms with van der Waals surface area (Å²) in [5, 5.41) is 3.42. The molecule has 0 aromatic carbocycles. The predicted molar refractivity (Wildman–Crippen MR) is 70.3 cm³/mol. The molecule has 2 aliphatic heterocycles. The molecular formula is C13H27N3O. The van der Waals surface area contributed by atoms with Crippen molar-refractivity contribution >= 4 is 0 Å². The molecule has 0 bridgehead atoms. The number of nitrogens with zero attached hydrogens (tertiary/aromatic N) is 2. The van der Waals surface area contributed by atoms with Crippen LogP contribution < -0.4 is 5.32 Å². The first-order chi connectivity index (χ1) is 8.09. The van der Waals surface area contributed by atoms with Crippen LogP contribution in [-0.2, 0) is 4.74 Å². The van der Waals surface area contributed by atoms with Crippen molar-refractivity contribution in [2.24, 2.45) is 0 Å². The Bertz CT molecular complexity index is 231. The average Bonchev–Trinajstić information content (AvgIpc) is 2.35. The standard InChI is InChI=1S/C13H27N3O/c1-10-8-16(9-11(2)15(10)4)12(3)13-7-14-5-6-17-13/h10-14H,5-9H2,1-4H3. The van der Waals surface area contributed by atoms with Crippen LogP contribution >= 0.6 is 0 Å². The molecule has 17 heavy (non-hydrogen) atoms. The number of hydrogen-bond donors (Lipinski definition) is 1. The number of ether oxygens (including phenoxy) is 1. The number of rotatable bonds is 2. The monoisotopic (exact) mass is 241 g/mol. The summed E-state index contributed by atoms with van der Waals surface area (Å²) in [6, 6.07) is 1.79. The highest BCUT2D eigenvalue weighted by atomic mass is 16.5. The first-order valence-corrected chi connectivity index (χ1v) is 6.88. The SMILES string of the molecule is CC(C1CNCCO1)N1CC(C)N(C)C(C)C1. The molecule has 4 nitrogen and oxygen atoms in total. The predicted octanol–water partition coefficient (Wildman–Crippen LogP) is 0.388. The molecule has 2 rings (SSSR count). The van der Waals surface area contributed by atoms with Crippen molar-refractivity contribution in [1.82, 2.24) is 15.1 Å². The third kappa shape index (κ3) is 2.99. The topological polar surface area (TPSA) is 27.7 Å². The van der Waals surface area contributed by atoms with E-state index in [0.717, 1.165) is 32.8 Å². The quantitative estimate of drug-likeness (QED) is 0.757.